The SMILES string of the molecule is CCc1nn2c(nnc3c(=O)n(Cc4ccc(OC)c(OC)c4)ccc32)c1-c1ccc(Cl)cc1. The molecule has 0 saturated carbocycles. The molecule has 8 nitrogen and oxygen atoms in total. The predicted molar refractivity (Wildman–Crippen MR) is 131 cm³/mol. The molecule has 0 radical (unpaired) electrons. The second-order valence-electron chi connectivity index (χ2n) is 7.79. The third-order valence-corrected chi connectivity index (χ3v) is 6.05. The Hall–Kier alpha value is -3.91. The smallest absolute Gasteiger partial charge is 0.280 e. The van der Waals surface area contributed by atoms with Gasteiger partial charge < -0.3 is 14.0 Å². The number of aryl methyl sites for hydroxylation is 1. The molecule has 0 aliphatic heterocycles. The average Bonchev–Trinajstić information content (AvgIpc) is 3.25. The zero-order chi connectivity index (χ0) is 23.8. The molecule has 0 spiro atoms. The van der Waals surface area contributed by atoms with Crippen LogP contribution in [0.3, 0.4) is 0 Å². The molecule has 0 bridgehead atoms. The zero-order valence-electron chi connectivity index (χ0n) is 18.9. The number of fused-ring (bicyclic) bond motifs is 3. The van der Waals surface area contributed by atoms with E-state index in [0.29, 0.717) is 40.7 Å². The summed E-state index contributed by atoms with van der Waals surface area (Å²) < 4.78 is 14.0. The number of pyridine rings is 1. The van der Waals surface area contributed by atoms with Crippen LogP contribution in [0, 0.1) is 0 Å². The minimum Gasteiger partial charge on any atom is -0.493 e. The molecule has 0 fully saturated rings. The van der Waals surface area contributed by atoms with E-state index in [2.05, 4.69) is 10.2 Å². The maximum atomic E-state index is 13.3. The molecular weight excluding hydrogens is 454 g/mol. The average molecular weight is 476 g/mol. The Labute approximate surface area is 200 Å². The predicted octanol–water partition coefficient (Wildman–Crippen LogP) is 4.39. The standard InChI is InChI=1S/C25H22ClN5O3/c1-4-18-22(16-6-8-17(26)9-7-16)24-28-27-23-19(31(24)29-18)11-12-30(25(23)32)14-15-5-10-20(33-2)21(13-15)34-3/h5-13H,4,14H2,1-3H3. The summed E-state index contributed by atoms with van der Waals surface area (Å²) in [4.78, 5) is 13.3. The van der Waals surface area contributed by atoms with Gasteiger partial charge in [-0.1, -0.05) is 36.7 Å². The molecule has 3 aromatic heterocycles. The molecule has 9 heteroatoms. The number of ether oxygens (including phenoxy) is 2. The molecule has 0 saturated heterocycles. The van der Waals surface area contributed by atoms with Gasteiger partial charge in [-0.15, -0.1) is 10.2 Å². The molecule has 3 heterocycles. The van der Waals surface area contributed by atoms with Crippen molar-refractivity contribution in [2.75, 3.05) is 14.2 Å². The van der Waals surface area contributed by atoms with Crippen molar-refractivity contribution in [1.29, 1.82) is 0 Å². The third-order valence-electron chi connectivity index (χ3n) is 5.79. The van der Waals surface area contributed by atoms with Crippen LogP contribution in [-0.2, 0) is 13.0 Å². The summed E-state index contributed by atoms with van der Waals surface area (Å²) in [6.07, 6.45) is 2.46. The lowest BCUT2D eigenvalue weighted by atomic mass is 10.0. The van der Waals surface area contributed by atoms with Crippen LogP contribution in [0.15, 0.2) is 59.5 Å². The Bertz CT molecular complexity index is 1570. The van der Waals surface area contributed by atoms with Crippen molar-refractivity contribution in [1.82, 2.24) is 24.4 Å². The van der Waals surface area contributed by atoms with Crippen molar-refractivity contribution in [3.8, 4) is 22.6 Å². The van der Waals surface area contributed by atoms with Gasteiger partial charge in [-0.05, 0) is 47.9 Å². The number of aromatic nitrogens is 5. The number of nitrogens with zero attached hydrogens (tertiary/aromatic N) is 5. The number of halogens is 1. The molecule has 0 aliphatic rings. The molecule has 0 atom stereocenters. The summed E-state index contributed by atoms with van der Waals surface area (Å²) in [5.41, 5.74) is 4.82. The summed E-state index contributed by atoms with van der Waals surface area (Å²) in [5.74, 6) is 1.24. The minimum atomic E-state index is -0.247. The molecule has 5 aromatic rings. The van der Waals surface area contributed by atoms with E-state index < -0.39 is 0 Å². The fourth-order valence-electron chi connectivity index (χ4n) is 4.09. The Balaban J connectivity index is 1.62. The van der Waals surface area contributed by atoms with Crippen LogP contribution < -0.4 is 15.0 Å². The van der Waals surface area contributed by atoms with Gasteiger partial charge in [0.1, 0.15) is 5.52 Å². The van der Waals surface area contributed by atoms with Crippen LogP contribution in [0.25, 0.3) is 27.8 Å². The quantitative estimate of drug-likeness (QED) is 0.362. The lowest BCUT2D eigenvalue weighted by Gasteiger charge is -2.11. The number of hydrogen-bond donors (Lipinski definition) is 0. The van der Waals surface area contributed by atoms with Gasteiger partial charge in [0.05, 0.1) is 32.0 Å². The Morgan fingerprint density at radius 1 is 0.971 bits per heavy atom. The van der Waals surface area contributed by atoms with Crippen LogP contribution >= 0.6 is 11.6 Å². The topological polar surface area (TPSA) is 83.5 Å². The maximum Gasteiger partial charge on any atom is 0.280 e. The third kappa shape index (κ3) is 3.66. The summed E-state index contributed by atoms with van der Waals surface area (Å²) in [6.45, 7) is 2.39. The number of hydrogen-bond acceptors (Lipinski definition) is 6. The van der Waals surface area contributed by atoms with E-state index in [1.54, 1.807) is 29.5 Å². The van der Waals surface area contributed by atoms with Gasteiger partial charge in [-0.25, -0.2) is 4.52 Å². The second kappa shape index (κ2) is 8.79. The number of benzene rings is 2. The fourth-order valence-corrected chi connectivity index (χ4v) is 4.21. The normalized spacial score (nSPS) is 11.3. The highest BCUT2D eigenvalue weighted by Crippen LogP contribution is 2.30. The highest BCUT2D eigenvalue weighted by molar-refractivity contribution is 6.30. The van der Waals surface area contributed by atoms with E-state index in [0.717, 1.165) is 22.4 Å². The van der Waals surface area contributed by atoms with Crippen molar-refractivity contribution in [3.05, 3.63) is 81.4 Å². The van der Waals surface area contributed by atoms with Crippen molar-refractivity contribution >= 4 is 28.3 Å². The first-order valence-electron chi connectivity index (χ1n) is 10.8. The Morgan fingerprint density at radius 2 is 1.74 bits per heavy atom. The first-order valence-corrected chi connectivity index (χ1v) is 11.2. The molecule has 2 aromatic carbocycles. The minimum absolute atomic E-state index is 0.247. The molecule has 0 amide bonds. The maximum absolute atomic E-state index is 13.3. The van der Waals surface area contributed by atoms with Crippen molar-refractivity contribution in [2.45, 2.75) is 19.9 Å². The largest absolute Gasteiger partial charge is 0.493 e. The van der Waals surface area contributed by atoms with E-state index in [1.807, 2.05) is 55.5 Å². The van der Waals surface area contributed by atoms with Crippen molar-refractivity contribution in [3.63, 3.8) is 0 Å². The van der Waals surface area contributed by atoms with Gasteiger partial charge >= 0.3 is 0 Å². The monoisotopic (exact) mass is 475 g/mol. The Morgan fingerprint density at radius 3 is 2.44 bits per heavy atom. The van der Waals surface area contributed by atoms with E-state index in [-0.39, 0.29) is 11.1 Å². The highest BCUT2D eigenvalue weighted by atomic mass is 35.5. The summed E-state index contributed by atoms with van der Waals surface area (Å²) in [5, 5.41) is 14.1. The van der Waals surface area contributed by atoms with Crippen molar-refractivity contribution in [2.24, 2.45) is 0 Å². The van der Waals surface area contributed by atoms with Crippen LogP contribution in [0.1, 0.15) is 18.2 Å². The van der Waals surface area contributed by atoms with Gasteiger partial charge in [0, 0.05) is 11.2 Å². The molecule has 172 valence electrons. The molecule has 34 heavy (non-hydrogen) atoms. The second-order valence-corrected chi connectivity index (χ2v) is 8.23. The van der Waals surface area contributed by atoms with Gasteiger partial charge in [0.25, 0.3) is 5.56 Å². The Kier molecular flexibility index (Phi) is 5.67. The van der Waals surface area contributed by atoms with Crippen molar-refractivity contribution < 1.29 is 9.47 Å². The van der Waals surface area contributed by atoms with E-state index >= 15 is 0 Å². The molecular formula is C25H22ClN5O3. The number of rotatable bonds is 6. The molecule has 0 unspecified atom stereocenters. The van der Waals surface area contributed by atoms with E-state index in [9.17, 15) is 4.79 Å². The lowest BCUT2D eigenvalue weighted by molar-refractivity contribution is 0.354. The summed E-state index contributed by atoms with van der Waals surface area (Å²) in [7, 11) is 3.17. The van der Waals surface area contributed by atoms with Crippen LogP contribution in [-0.4, -0.2) is 38.6 Å². The molecule has 0 N–H and O–H groups in total. The highest BCUT2D eigenvalue weighted by Gasteiger charge is 2.19. The van der Waals surface area contributed by atoms with Crippen LogP contribution in [0.5, 0.6) is 11.5 Å². The summed E-state index contributed by atoms with van der Waals surface area (Å²) in [6, 6.07) is 14.9. The lowest BCUT2D eigenvalue weighted by Crippen LogP contribution is -2.22. The first kappa shape index (κ1) is 21.9. The van der Waals surface area contributed by atoms with Crippen LogP contribution in [0.2, 0.25) is 5.02 Å². The summed E-state index contributed by atoms with van der Waals surface area (Å²) >= 11 is 6.07. The zero-order valence-corrected chi connectivity index (χ0v) is 19.7. The number of methoxy groups -OCH3 is 2. The van der Waals surface area contributed by atoms with Gasteiger partial charge in [0.2, 0.25) is 0 Å². The first-order chi connectivity index (χ1) is 16.5. The molecule has 5 rings (SSSR count). The van der Waals surface area contributed by atoms with Crippen LogP contribution in [0.4, 0.5) is 0 Å². The fraction of sp³-hybridized carbons (Fsp3) is 0.200. The van der Waals surface area contributed by atoms with E-state index in [4.69, 9.17) is 26.2 Å². The van der Waals surface area contributed by atoms with Gasteiger partial charge in [0.15, 0.2) is 22.7 Å². The van der Waals surface area contributed by atoms with Gasteiger partial charge in [-0.3, -0.25) is 4.79 Å². The molecule has 0 aliphatic carbocycles. The van der Waals surface area contributed by atoms with E-state index in [1.165, 1.54) is 0 Å². The van der Waals surface area contributed by atoms with Gasteiger partial charge in [-0.2, -0.15) is 5.10 Å².